The van der Waals surface area contributed by atoms with Gasteiger partial charge < -0.3 is 23.7 Å². The van der Waals surface area contributed by atoms with Crippen LogP contribution in [0.2, 0.25) is 0 Å². The van der Waals surface area contributed by atoms with E-state index in [0.29, 0.717) is 35.6 Å². The SMILES string of the molecule is CCOC(=O)N1c2cc(OC)c(COCCOC)cc2[C@H](N(Cc2cc(C(F)(F)F)cc(C(F)(F)F)c2)C(=O)OC)C[C@@H]1C. The first-order chi connectivity index (χ1) is 20.7. The highest BCUT2D eigenvalue weighted by molar-refractivity contribution is 5.91. The van der Waals surface area contributed by atoms with Gasteiger partial charge in [-0.2, -0.15) is 26.3 Å². The van der Waals surface area contributed by atoms with E-state index in [2.05, 4.69) is 0 Å². The standard InChI is InChI=1S/C29H34F6N2O7/c1-6-44-27(39)37-17(2)9-23(22-12-19(16-43-8-7-40-3)25(41-4)14-24(22)37)36(26(38)42-5)15-18-10-20(28(30,31)32)13-21(11-18)29(33,34)35/h10-14,17,23H,6-9,15-16H2,1-5H3/t17-,23+/m0/s1. The fourth-order valence-corrected chi connectivity index (χ4v) is 5.02. The van der Waals surface area contributed by atoms with Crippen molar-refractivity contribution in [2.45, 2.75) is 57.9 Å². The molecule has 0 aromatic heterocycles. The number of benzene rings is 2. The largest absolute Gasteiger partial charge is 0.496 e. The monoisotopic (exact) mass is 636 g/mol. The smallest absolute Gasteiger partial charge is 0.416 e. The van der Waals surface area contributed by atoms with E-state index < -0.39 is 59.9 Å². The molecular weight excluding hydrogens is 602 g/mol. The first kappa shape index (κ1) is 34.8. The van der Waals surface area contributed by atoms with Crippen molar-refractivity contribution in [1.29, 1.82) is 0 Å². The lowest BCUT2D eigenvalue weighted by Crippen LogP contribution is -2.47. The number of carbonyl (C=O) groups is 2. The van der Waals surface area contributed by atoms with E-state index >= 15 is 0 Å². The number of rotatable bonds is 10. The number of carbonyl (C=O) groups excluding carboxylic acids is 2. The fraction of sp³-hybridized carbons (Fsp3) is 0.517. The Morgan fingerprint density at radius 2 is 1.59 bits per heavy atom. The van der Waals surface area contributed by atoms with E-state index in [1.54, 1.807) is 26.0 Å². The molecule has 0 fully saturated rings. The Morgan fingerprint density at radius 1 is 0.955 bits per heavy atom. The molecule has 0 spiro atoms. The predicted octanol–water partition coefficient (Wildman–Crippen LogP) is 6.96. The zero-order chi connectivity index (χ0) is 32.8. The van der Waals surface area contributed by atoms with Crippen LogP contribution in [0, 0.1) is 0 Å². The maximum absolute atomic E-state index is 13.6. The number of anilines is 1. The van der Waals surface area contributed by atoms with Crippen LogP contribution in [0.5, 0.6) is 5.75 Å². The molecule has 2 aromatic rings. The summed E-state index contributed by atoms with van der Waals surface area (Å²) in [5.74, 6) is 0.334. The van der Waals surface area contributed by atoms with E-state index in [4.69, 9.17) is 23.7 Å². The van der Waals surface area contributed by atoms with Gasteiger partial charge in [0.05, 0.1) is 63.5 Å². The van der Waals surface area contributed by atoms with Crippen LogP contribution < -0.4 is 9.64 Å². The minimum absolute atomic E-state index is 0.0172. The summed E-state index contributed by atoms with van der Waals surface area (Å²) in [5, 5.41) is 0. The Balaban J connectivity index is 2.19. The van der Waals surface area contributed by atoms with Crippen LogP contribution in [0.15, 0.2) is 30.3 Å². The van der Waals surface area contributed by atoms with E-state index in [1.807, 2.05) is 0 Å². The molecule has 9 nitrogen and oxygen atoms in total. The quantitative estimate of drug-likeness (QED) is 0.206. The minimum atomic E-state index is -5.08. The highest BCUT2D eigenvalue weighted by atomic mass is 19.4. The van der Waals surface area contributed by atoms with Crippen molar-refractivity contribution in [3.8, 4) is 5.75 Å². The van der Waals surface area contributed by atoms with Gasteiger partial charge in [-0.3, -0.25) is 9.80 Å². The Morgan fingerprint density at radius 3 is 2.11 bits per heavy atom. The molecule has 0 saturated carbocycles. The zero-order valence-electron chi connectivity index (χ0n) is 24.8. The highest BCUT2D eigenvalue weighted by Gasteiger charge is 2.41. The number of ether oxygens (including phenoxy) is 5. The first-order valence-electron chi connectivity index (χ1n) is 13.5. The highest BCUT2D eigenvalue weighted by Crippen LogP contribution is 2.45. The van der Waals surface area contributed by atoms with Gasteiger partial charge in [-0.1, -0.05) is 0 Å². The van der Waals surface area contributed by atoms with Crippen molar-refractivity contribution in [2.75, 3.05) is 46.0 Å². The molecule has 3 rings (SSSR count). The Labute approximate surface area is 250 Å². The van der Waals surface area contributed by atoms with Gasteiger partial charge >= 0.3 is 24.5 Å². The number of hydrogen-bond acceptors (Lipinski definition) is 7. The van der Waals surface area contributed by atoms with Crippen molar-refractivity contribution >= 4 is 17.9 Å². The summed E-state index contributed by atoms with van der Waals surface area (Å²) in [6.45, 7) is 3.26. The van der Waals surface area contributed by atoms with Gasteiger partial charge in [0, 0.05) is 31.3 Å². The van der Waals surface area contributed by atoms with E-state index in [-0.39, 0.29) is 38.0 Å². The zero-order valence-corrected chi connectivity index (χ0v) is 24.8. The third-order valence-corrected chi connectivity index (χ3v) is 6.99. The molecule has 0 radical (unpaired) electrons. The number of methoxy groups -OCH3 is 3. The molecule has 1 aliphatic rings. The molecule has 0 bridgehead atoms. The summed E-state index contributed by atoms with van der Waals surface area (Å²) >= 11 is 0. The second-order valence-corrected chi connectivity index (χ2v) is 9.95. The number of nitrogens with zero attached hydrogens (tertiary/aromatic N) is 2. The lowest BCUT2D eigenvalue weighted by atomic mass is 9.89. The Bertz CT molecular complexity index is 1290. The van der Waals surface area contributed by atoms with E-state index in [1.165, 1.54) is 19.1 Å². The van der Waals surface area contributed by atoms with E-state index in [9.17, 15) is 35.9 Å². The number of fused-ring (bicyclic) bond motifs is 1. The first-order valence-corrected chi connectivity index (χ1v) is 13.5. The molecular formula is C29H34F6N2O7. The maximum Gasteiger partial charge on any atom is 0.416 e. The molecule has 0 unspecified atom stereocenters. The summed E-state index contributed by atoms with van der Waals surface area (Å²) in [6, 6.07) is 2.73. The van der Waals surface area contributed by atoms with Gasteiger partial charge in [-0.05, 0) is 55.7 Å². The van der Waals surface area contributed by atoms with Crippen LogP contribution in [0.1, 0.15) is 54.1 Å². The number of halogens is 6. The molecule has 15 heteroatoms. The lowest BCUT2D eigenvalue weighted by Gasteiger charge is -2.43. The predicted molar refractivity (Wildman–Crippen MR) is 145 cm³/mol. The summed E-state index contributed by atoms with van der Waals surface area (Å²) in [5.41, 5.74) is -2.31. The van der Waals surface area contributed by atoms with Gasteiger partial charge in [0.15, 0.2) is 0 Å². The third kappa shape index (κ3) is 8.05. The molecule has 2 atom stereocenters. The van der Waals surface area contributed by atoms with Crippen molar-refractivity contribution in [2.24, 2.45) is 0 Å². The summed E-state index contributed by atoms with van der Waals surface area (Å²) in [7, 11) is 3.96. The average Bonchev–Trinajstić information content (AvgIpc) is 2.96. The van der Waals surface area contributed by atoms with Gasteiger partial charge in [0.25, 0.3) is 0 Å². The third-order valence-electron chi connectivity index (χ3n) is 6.99. The van der Waals surface area contributed by atoms with Gasteiger partial charge in [-0.15, -0.1) is 0 Å². The summed E-state index contributed by atoms with van der Waals surface area (Å²) in [6.07, 6.45) is -11.8. The molecule has 44 heavy (non-hydrogen) atoms. The van der Waals surface area contributed by atoms with Crippen molar-refractivity contribution in [1.82, 2.24) is 4.90 Å². The second kappa shape index (κ2) is 14.4. The number of hydrogen-bond donors (Lipinski definition) is 0. The van der Waals surface area contributed by atoms with Crippen molar-refractivity contribution in [3.05, 3.63) is 58.1 Å². The Hall–Kier alpha value is -3.72. The lowest BCUT2D eigenvalue weighted by molar-refractivity contribution is -0.143. The molecule has 0 saturated heterocycles. The second-order valence-electron chi connectivity index (χ2n) is 9.95. The number of amides is 2. The molecule has 0 N–H and O–H groups in total. The molecule has 244 valence electrons. The molecule has 2 aromatic carbocycles. The molecule has 1 aliphatic heterocycles. The Kier molecular flexibility index (Phi) is 11.4. The van der Waals surface area contributed by atoms with Crippen LogP contribution in [-0.2, 0) is 44.5 Å². The minimum Gasteiger partial charge on any atom is -0.496 e. The van der Waals surface area contributed by atoms with Crippen molar-refractivity contribution < 1.29 is 59.6 Å². The summed E-state index contributed by atoms with van der Waals surface area (Å²) < 4.78 is 108. The summed E-state index contributed by atoms with van der Waals surface area (Å²) in [4.78, 5) is 28.6. The topological polar surface area (TPSA) is 86.8 Å². The van der Waals surface area contributed by atoms with Crippen LogP contribution in [0.25, 0.3) is 0 Å². The molecule has 1 heterocycles. The average molecular weight is 637 g/mol. The molecule has 0 aliphatic carbocycles. The normalized spacial score (nSPS) is 16.8. The van der Waals surface area contributed by atoms with E-state index in [0.717, 1.165) is 12.0 Å². The van der Waals surface area contributed by atoms with Gasteiger partial charge in [-0.25, -0.2) is 9.59 Å². The molecule has 2 amide bonds. The van der Waals surface area contributed by atoms with Crippen LogP contribution >= 0.6 is 0 Å². The maximum atomic E-state index is 13.6. The fourth-order valence-electron chi connectivity index (χ4n) is 5.02. The van der Waals surface area contributed by atoms with Crippen LogP contribution in [-0.4, -0.2) is 64.3 Å². The van der Waals surface area contributed by atoms with Gasteiger partial charge in [0.2, 0.25) is 0 Å². The van der Waals surface area contributed by atoms with Crippen molar-refractivity contribution in [3.63, 3.8) is 0 Å². The van der Waals surface area contributed by atoms with Crippen LogP contribution in [0.3, 0.4) is 0 Å². The number of alkyl halides is 6. The van der Waals surface area contributed by atoms with Crippen LogP contribution in [0.4, 0.5) is 41.6 Å². The van der Waals surface area contributed by atoms with Gasteiger partial charge in [0.1, 0.15) is 5.75 Å².